The second kappa shape index (κ2) is 7.06. The maximum absolute atomic E-state index is 13.7. The van der Waals surface area contributed by atoms with Crippen molar-refractivity contribution in [2.24, 2.45) is 5.92 Å². The van der Waals surface area contributed by atoms with Crippen LogP contribution in [0.15, 0.2) is 47.4 Å². The molecule has 0 unspecified atom stereocenters. The highest BCUT2D eigenvalue weighted by atomic mass is 19.4. The number of hydrogen-bond acceptors (Lipinski definition) is 2. The number of benzene rings is 1. The molecular weight excluding hydrogens is 353 g/mol. The first kappa shape index (κ1) is 18.1. The molecule has 1 saturated carbocycles. The highest BCUT2D eigenvalue weighted by molar-refractivity contribution is 5.54. The van der Waals surface area contributed by atoms with Gasteiger partial charge in [0.05, 0.1) is 5.69 Å². The Bertz CT molecular complexity index is 848. The Morgan fingerprint density at radius 2 is 1.63 bits per heavy atom. The van der Waals surface area contributed by atoms with Crippen LogP contribution in [0.2, 0.25) is 0 Å². The summed E-state index contributed by atoms with van der Waals surface area (Å²) in [5.74, 6) is 0.697. The molecular formula is C21H23F3N2O. The van der Waals surface area contributed by atoms with Gasteiger partial charge in [-0.15, -0.1) is 0 Å². The molecule has 6 heteroatoms. The van der Waals surface area contributed by atoms with E-state index in [1.165, 1.54) is 22.4 Å². The standard InChI is InChI=1S/C21H23F3N2O/c22-21(23,24)19-18(10-13-26(20(19)27)14-15-6-7-15)25-11-8-17(9-12-25)16-4-2-1-3-5-16/h1-5,10,13,15,17H,6-9,11-12,14H2. The first-order chi connectivity index (χ1) is 12.9. The lowest BCUT2D eigenvalue weighted by Gasteiger charge is -2.35. The van der Waals surface area contributed by atoms with Crippen molar-refractivity contribution in [3.8, 4) is 0 Å². The fraction of sp³-hybridized carbons (Fsp3) is 0.476. The number of nitrogens with zero attached hydrogens (tertiary/aromatic N) is 2. The Balaban J connectivity index is 1.58. The van der Waals surface area contributed by atoms with Crippen LogP contribution < -0.4 is 10.5 Å². The van der Waals surface area contributed by atoms with Gasteiger partial charge in [0.15, 0.2) is 0 Å². The number of aromatic nitrogens is 1. The molecule has 0 radical (unpaired) electrons. The van der Waals surface area contributed by atoms with Gasteiger partial charge in [-0.2, -0.15) is 13.2 Å². The van der Waals surface area contributed by atoms with Crippen molar-refractivity contribution in [2.45, 2.75) is 44.3 Å². The minimum Gasteiger partial charge on any atom is -0.371 e. The van der Waals surface area contributed by atoms with Crippen LogP contribution in [0.3, 0.4) is 0 Å². The largest absolute Gasteiger partial charge is 0.423 e. The molecule has 0 spiro atoms. The lowest BCUT2D eigenvalue weighted by molar-refractivity contribution is -0.138. The third-order valence-electron chi connectivity index (χ3n) is 5.69. The van der Waals surface area contributed by atoms with E-state index in [4.69, 9.17) is 0 Å². The Morgan fingerprint density at radius 1 is 0.963 bits per heavy atom. The summed E-state index contributed by atoms with van der Waals surface area (Å²) in [7, 11) is 0. The quantitative estimate of drug-likeness (QED) is 0.775. The van der Waals surface area contributed by atoms with Gasteiger partial charge in [0, 0.05) is 25.8 Å². The van der Waals surface area contributed by atoms with Crippen molar-refractivity contribution < 1.29 is 13.2 Å². The van der Waals surface area contributed by atoms with Gasteiger partial charge >= 0.3 is 6.18 Å². The van der Waals surface area contributed by atoms with Gasteiger partial charge in [-0.05, 0) is 49.1 Å². The van der Waals surface area contributed by atoms with Crippen molar-refractivity contribution in [1.29, 1.82) is 0 Å². The summed E-state index contributed by atoms with van der Waals surface area (Å²) in [4.78, 5) is 14.3. The van der Waals surface area contributed by atoms with E-state index in [1.807, 2.05) is 18.2 Å². The summed E-state index contributed by atoms with van der Waals surface area (Å²) in [6.45, 7) is 1.43. The molecule has 144 valence electrons. The topological polar surface area (TPSA) is 25.2 Å². The van der Waals surface area contributed by atoms with E-state index in [0.717, 1.165) is 25.7 Å². The molecule has 1 aromatic carbocycles. The molecule has 2 aliphatic rings. The molecule has 0 N–H and O–H groups in total. The van der Waals surface area contributed by atoms with Gasteiger partial charge in [-0.3, -0.25) is 4.79 Å². The van der Waals surface area contributed by atoms with Crippen LogP contribution in [-0.2, 0) is 12.7 Å². The SMILES string of the molecule is O=c1c(C(F)(F)F)c(N2CCC(c3ccccc3)CC2)ccn1CC1CC1. The van der Waals surface area contributed by atoms with Crippen molar-refractivity contribution in [2.75, 3.05) is 18.0 Å². The van der Waals surface area contributed by atoms with E-state index in [0.29, 0.717) is 31.5 Å². The number of halogens is 3. The Hall–Kier alpha value is -2.24. The van der Waals surface area contributed by atoms with E-state index in [2.05, 4.69) is 12.1 Å². The molecule has 0 amide bonds. The third kappa shape index (κ3) is 3.89. The summed E-state index contributed by atoms with van der Waals surface area (Å²) in [5, 5.41) is 0. The number of rotatable bonds is 4. The molecule has 0 bridgehead atoms. The minimum atomic E-state index is -4.64. The highest BCUT2D eigenvalue weighted by Crippen LogP contribution is 2.37. The molecule has 0 atom stereocenters. The minimum absolute atomic E-state index is 0.0334. The molecule has 4 rings (SSSR count). The van der Waals surface area contributed by atoms with Gasteiger partial charge < -0.3 is 9.47 Å². The Labute approximate surface area is 156 Å². The van der Waals surface area contributed by atoms with Crippen LogP contribution in [0.4, 0.5) is 18.9 Å². The fourth-order valence-corrected chi connectivity index (χ4v) is 4.00. The van der Waals surface area contributed by atoms with E-state index in [1.54, 1.807) is 4.90 Å². The molecule has 1 aromatic heterocycles. The fourth-order valence-electron chi connectivity index (χ4n) is 4.00. The number of anilines is 1. The predicted octanol–water partition coefficient (Wildman–Crippen LogP) is 4.66. The van der Waals surface area contributed by atoms with Crippen molar-refractivity contribution in [1.82, 2.24) is 4.57 Å². The van der Waals surface area contributed by atoms with Crippen molar-refractivity contribution >= 4 is 5.69 Å². The second-order valence-electron chi connectivity index (χ2n) is 7.65. The van der Waals surface area contributed by atoms with Crippen molar-refractivity contribution in [3.05, 3.63) is 64.1 Å². The highest BCUT2D eigenvalue weighted by Gasteiger charge is 2.40. The first-order valence-corrected chi connectivity index (χ1v) is 9.54. The summed E-state index contributed by atoms with van der Waals surface area (Å²) < 4.78 is 42.3. The van der Waals surface area contributed by atoms with Gasteiger partial charge in [-0.1, -0.05) is 30.3 Å². The first-order valence-electron chi connectivity index (χ1n) is 9.54. The van der Waals surface area contributed by atoms with Crippen LogP contribution in [-0.4, -0.2) is 17.7 Å². The smallest absolute Gasteiger partial charge is 0.371 e. The van der Waals surface area contributed by atoms with Gasteiger partial charge in [0.1, 0.15) is 5.56 Å². The van der Waals surface area contributed by atoms with Crippen LogP contribution in [0.5, 0.6) is 0 Å². The molecule has 2 fully saturated rings. The van der Waals surface area contributed by atoms with Crippen LogP contribution in [0.1, 0.15) is 42.7 Å². The van der Waals surface area contributed by atoms with Crippen LogP contribution >= 0.6 is 0 Å². The number of piperidine rings is 1. The maximum atomic E-state index is 13.7. The van der Waals surface area contributed by atoms with E-state index in [9.17, 15) is 18.0 Å². The Morgan fingerprint density at radius 3 is 2.22 bits per heavy atom. The Kier molecular flexibility index (Phi) is 4.74. The lowest BCUT2D eigenvalue weighted by atomic mass is 9.89. The van der Waals surface area contributed by atoms with E-state index < -0.39 is 17.3 Å². The predicted molar refractivity (Wildman–Crippen MR) is 99.1 cm³/mol. The van der Waals surface area contributed by atoms with Gasteiger partial charge in [0.2, 0.25) is 0 Å². The van der Waals surface area contributed by atoms with Gasteiger partial charge in [-0.25, -0.2) is 0 Å². The molecule has 2 aromatic rings. The number of hydrogen-bond donors (Lipinski definition) is 0. The average molecular weight is 376 g/mol. The molecule has 1 aliphatic heterocycles. The molecule has 3 nitrogen and oxygen atoms in total. The lowest BCUT2D eigenvalue weighted by Crippen LogP contribution is -2.38. The summed E-state index contributed by atoms with van der Waals surface area (Å²) >= 11 is 0. The zero-order valence-electron chi connectivity index (χ0n) is 15.1. The van der Waals surface area contributed by atoms with Crippen LogP contribution in [0, 0.1) is 5.92 Å². The molecule has 1 saturated heterocycles. The molecule has 27 heavy (non-hydrogen) atoms. The second-order valence-corrected chi connectivity index (χ2v) is 7.65. The average Bonchev–Trinajstić information content (AvgIpc) is 3.47. The summed E-state index contributed by atoms with van der Waals surface area (Å²) in [5.41, 5.74) is -0.653. The zero-order chi connectivity index (χ0) is 19.0. The maximum Gasteiger partial charge on any atom is 0.423 e. The normalized spacial score (nSPS) is 18.7. The monoisotopic (exact) mass is 376 g/mol. The molecule has 2 heterocycles. The summed E-state index contributed by atoms with van der Waals surface area (Å²) in [6, 6.07) is 11.6. The van der Waals surface area contributed by atoms with Crippen molar-refractivity contribution in [3.63, 3.8) is 0 Å². The number of pyridine rings is 1. The van der Waals surface area contributed by atoms with Gasteiger partial charge in [0.25, 0.3) is 5.56 Å². The number of alkyl halides is 3. The molecule has 1 aliphatic carbocycles. The summed E-state index contributed by atoms with van der Waals surface area (Å²) in [6.07, 6.45) is 0.438. The van der Waals surface area contributed by atoms with E-state index in [-0.39, 0.29) is 5.69 Å². The van der Waals surface area contributed by atoms with E-state index >= 15 is 0 Å². The third-order valence-corrected chi connectivity index (χ3v) is 5.69. The van der Waals surface area contributed by atoms with Crippen LogP contribution in [0.25, 0.3) is 0 Å². The zero-order valence-corrected chi connectivity index (χ0v) is 15.1.